The predicted molar refractivity (Wildman–Crippen MR) is 118 cm³/mol. The maximum Gasteiger partial charge on any atom is 0.0600 e. The Balaban J connectivity index is -0.0000000774. The van der Waals surface area contributed by atoms with Crippen LogP contribution in [-0.4, -0.2) is 20.2 Å². The summed E-state index contributed by atoms with van der Waals surface area (Å²) in [6.45, 7) is 5.90. The van der Waals surface area contributed by atoms with Crippen LogP contribution in [0.15, 0.2) is 67.3 Å². The van der Waals surface area contributed by atoms with Crippen molar-refractivity contribution in [2.75, 3.05) is 0 Å². The van der Waals surface area contributed by atoms with Gasteiger partial charge in [0.2, 0.25) is 0 Å². The zero-order chi connectivity index (χ0) is 15.3. The van der Waals surface area contributed by atoms with E-state index in [1.807, 2.05) is 69.4 Å². The van der Waals surface area contributed by atoms with Gasteiger partial charge in [-0.15, -0.1) is 0 Å². The Morgan fingerprint density at radius 1 is 0.615 bits per heavy atom. The first-order valence-electron chi connectivity index (χ1n) is 6.67. The minimum Gasteiger partial charge on any atom is -0.264 e. The van der Waals surface area contributed by atoms with E-state index in [1.54, 1.807) is 18.6 Å². The van der Waals surface area contributed by atoms with Gasteiger partial charge in [-0.25, -0.2) is 0 Å². The molecule has 0 aliphatic heterocycles. The van der Waals surface area contributed by atoms with Gasteiger partial charge in [0.25, 0.3) is 0 Å². The topological polar surface area (TPSA) is 51.6 Å². The van der Waals surface area contributed by atoms with Gasteiger partial charge in [-0.3, -0.25) is 9.97 Å². The maximum absolute atomic E-state index is 3.98. The zero-order valence-electron chi connectivity index (χ0n) is 12.6. The largest absolute Gasteiger partial charge is 0.264 e. The molecule has 0 atom stereocenters. The molecule has 0 aliphatic rings. The Labute approximate surface area is 162 Å². The highest BCUT2D eigenvalue weighted by molar-refractivity contribution is 5.04. The average Bonchev–Trinajstić information content (AvgIpc) is 2.51. The second-order valence-electron chi connectivity index (χ2n) is 4.37. The molecule has 3 aromatic rings. The molecule has 3 rings (SSSR count). The fourth-order valence-corrected chi connectivity index (χ4v) is 1.27. The number of rotatable bonds is 0. The zero-order valence-corrected chi connectivity index (χ0v) is 12.6. The van der Waals surface area contributed by atoms with Crippen LogP contribution in [0.4, 0.5) is 0 Å². The van der Waals surface area contributed by atoms with Gasteiger partial charge in [-0.1, -0.05) is 49.3 Å². The number of hydrogen-bond acceptors (Lipinski definition) is 4. The first kappa shape index (κ1) is 34.7. The van der Waals surface area contributed by atoms with E-state index in [0.29, 0.717) is 0 Å². The molecule has 3 heterocycles. The van der Waals surface area contributed by atoms with Crippen LogP contribution in [0.5, 0.6) is 0 Å². The fraction of sp³-hybridized carbons (Fsp3) is 0.364. The van der Waals surface area contributed by atoms with Crippen molar-refractivity contribution in [2.24, 2.45) is 0 Å². The van der Waals surface area contributed by atoms with Crippen molar-refractivity contribution in [3.8, 4) is 0 Å². The van der Waals surface area contributed by atoms with Gasteiger partial charge in [0.1, 0.15) is 0 Å². The molecule has 148 valence electrons. The van der Waals surface area contributed by atoms with Crippen LogP contribution in [0, 0.1) is 20.8 Å². The minimum atomic E-state index is 0. The summed E-state index contributed by atoms with van der Waals surface area (Å²) < 4.78 is 0. The van der Waals surface area contributed by atoms with E-state index in [9.17, 15) is 0 Å². The first-order valence-corrected chi connectivity index (χ1v) is 6.67. The Morgan fingerprint density at radius 3 is 1.46 bits per heavy atom. The molecule has 0 spiro atoms. The lowest BCUT2D eigenvalue weighted by atomic mass is 10.3. The summed E-state index contributed by atoms with van der Waals surface area (Å²) in [7, 11) is 0. The smallest absolute Gasteiger partial charge is 0.0600 e. The van der Waals surface area contributed by atoms with E-state index in [2.05, 4.69) is 20.2 Å². The summed E-state index contributed by atoms with van der Waals surface area (Å²) in [6, 6.07) is 13.6. The van der Waals surface area contributed by atoms with Crippen molar-refractivity contribution in [1.29, 1.82) is 0 Å². The van der Waals surface area contributed by atoms with Crippen molar-refractivity contribution < 1.29 is 0 Å². The van der Waals surface area contributed by atoms with Crippen LogP contribution in [0.25, 0.3) is 0 Å². The van der Waals surface area contributed by atoms with Crippen LogP contribution < -0.4 is 0 Å². The van der Waals surface area contributed by atoms with E-state index in [0.717, 1.165) is 11.4 Å². The molecule has 0 saturated heterocycles. The number of pyridine rings is 2. The molecule has 0 bridgehead atoms. The Hall–Kier alpha value is -2.62. The van der Waals surface area contributed by atoms with Gasteiger partial charge < -0.3 is 0 Å². The average molecular weight is 361 g/mol. The molecule has 0 N–H and O–H groups in total. The third-order valence-corrected chi connectivity index (χ3v) is 2.33. The van der Waals surface area contributed by atoms with Crippen molar-refractivity contribution in [3.05, 3.63) is 84.2 Å². The van der Waals surface area contributed by atoms with E-state index >= 15 is 0 Å². The van der Waals surface area contributed by atoms with E-state index in [-0.39, 0.29) is 37.1 Å². The van der Waals surface area contributed by atoms with Crippen LogP contribution in [0.3, 0.4) is 0 Å². The number of hydrogen-bond donors (Lipinski definition) is 0. The summed E-state index contributed by atoms with van der Waals surface area (Å²) in [5.41, 5.74) is 3.24. The predicted octanol–water partition coefficient (Wildman–Crippen LogP) is 6.75. The van der Waals surface area contributed by atoms with Crippen molar-refractivity contribution in [2.45, 2.75) is 57.9 Å². The Morgan fingerprint density at radius 2 is 1.23 bits per heavy atom. The van der Waals surface area contributed by atoms with E-state index in [4.69, 9.17) is 0 Å². The molecule has 0 saturated carbocycles. The lowest BCUT2D eigenvalue weighted by Crippen LogP contribution is -1.79. The quantitative estimate of drug-likeness (QED) is 0.445. The molecule has 0 radical (unpaired) electrons. The third kappa shape index (κ3) is 19.4. The monoisotopic (exact) mass is 360 g/mol. The van der Waals surface area contributed by atoms with Gasteiger partial charge in [0.15, 0.2) is 0 Å². The van der Waals surface area contributed by atoms with Crippen molar-refractivity contribution >= 4 is 0 Å². The van der Waals surface area contributed by atoms with Crippen LogP contribution in [-0.2, 0) is 0 Å². The molecule has 0 aromatic carbocycles. The summed E-state index contributed by atoms with van der Waals surface area (Å²) in [6.07, 6.45) is 7.05. The van der Waals surface area contributed by atoms with Crippen LogP contribution in [0.1, 0.15) is 54.1 Å². The second-order valence-corrected chi connectivity index (χ2v) is 4.37. The molecule has 3 aromatic heterocycles. The molecule has 26 heavy (non-hydrogen) atoms. The van der Waals surface area contributed by atoms with E-state index < -0.39 is 0 Å². The Bertz CT molecular complexity index is 495. The highest BCUT2D eigenvalue weighted by Gasteiger charge is 1.75. The van der Waals surface area contributed by atoms with Gasteiger partial charge in [-0.05, 0) is 56.7 Å². The maximum atomic E-state index is 3.98. The first-order chi connectivity index (χ1) is 10.2. The molecule has 0 amide bonds. The van der Waals surface area contributed by atoms with Gasteiger partial charge in [0, 0.05) is 30.5 Å². The van der Waals surface area contributed by atoms with Gasteiger partial charge >= 0.3 is 0 Å². The molecule has 4 nitrogen and oxygen atoms in total. The van der Waals surface area contributed by atoms with Gasteiger partial charge in [0.05, 0.1) is 5.69 Å². The molecular formula is C22H40N4. The number of aromatic nitrogens is 4. The minimum absolute atomic E-state index is 0. The SMILES string of the molecule is C.C.C.C.C.Cc1ccccn1.Cc1cccnc1.Cc1cccnn1. The highest BCUT2D eigenvalue weighted by Crippen LogP contribution is 1.88. The Kier molecular flexibility index (Phi) is 29.8. The molecular weight excluding hydrogens is 320 g/mol. The molecule has 4 heteroatoms. The van der Waals surface area contributed by atoms with Gasteiger partial charge in [-0.2, -0.15) is 10.2 Å². The molecule has 0 aliphatic carbocycles. The van der Waals surface area contributed by atoms with E-state index in [1.165, 1.54) is 5.56 Å². The summed E-state index contributed by atoms with van der Waals surface area (Å²) >= 11 is 0. The molecule has 0 fully saturated rings. The van der Waals surface area contributed by atoms with Crippen LogP contribution in [0.2, 0.25) is 0 Å². The highest BCUT2D eigenvalue weighted by atomic mass is 15.1. The molecule has 0 unspecified atom stereocenters. The standard InChI is InChI=1S/2C6H7N.C5H6N2.5CH4/c1-6-3-2-4-7-5-6;1-6-4-2-3-5-7-6;1-5-3-2-4-6-7-5;;;;;/h2*2-5H,1H3;2-4H,1H3;5*1H4. The third-order valence-electron chi connectivity index (χ3n) is 2.33. The number of aryl methyl sites for hydroxylation is 3. The summed E-state index contributed by atoms with van der Waals surface area (Å²) in [4.78, 5) is 7.86. The van der Waals surface area contributed by atoms with Crippen molar-refractivity contribution in [1.82, 2.24) is 20.2 Å². The lowest BCUT2D eigenvalue weighted by Gasteiger charge is -1.82. The van der Waals surface area contributed by atoms with Crippen molar-refractivity contribution in [3.63, 3.8) is 0 Å². The normalized spacial score (nSPS) is 7.04. The summed E-state index contributed by atoms with van der Waals surface area (Å²) in [5.74, 6) is 0. The fourth-order valence-electron chi connectivity index (χ4n) is 1.27. The second kappa shape index (κ2) is 22.4. The lowest BCUT2D eigenvalue weighted by molar-refractivity contribution is 0.980. The van der Waals surface area contributed by atoms with Crippen LogP contribution >= 0.6 is 0 Å². The summed E-state index contributed by atoms with van der Waals surface area (Å²) in [5, 5.41) is 7.36. The number of nitrogens with zero attached hydrogens (tertiary/aromatic N) is 4.